The lowest BCUT2D eigenvalue weighted by Gasteiger charge is -2.28. The molecule has 0 unspecified atom stereocenters. The quantitative estimate of drug-likeness (QED) is 0.0433. The van der Waals surface area contributed by atoms with E-state index < -0.39 is 145 Å². The summed E-state index contributed by atoms with van der Waals surface area (Å²) in [7, 11) is 0. The van der Waals surface area contributed by atoms with E-state index in [4.69, 9.17) is 17.2 Å². The van der Waals surface area contributed by atoms with Crippen LogP contribution in [-0.2, 0) is 54.4 Å². The van der Waals surface area contributed by atoms with Crippen molar-refractivity contribution >= 4 is 59.1 Å². The first-order valence-corrected chi connectivity index (χ1v) is 26.2. The highest BCUT2D eigenvalue weighted by molar-refractivity contribution is 5.99. The number of nitrogens with one attached hydrogen (secondary N) is 10. The summed E-state index contributed by atoms with van der Waals surface area (Å²) >= 11 is 0. The van der Waals surface area contributed by atoms with Crippen molar-refractivity contribution in [2.45, 2.75) is 178 Å². The first kappa shape index (κ1) is 65.8. The van der Waals surface area contributed by atoms with Crippen molar-refractivity contribution in [3.63, 3.8) is 0 Å². The Bertz CT molecular complexity index is 2050. The molecule has 0 aromatic heterocycles. The van der Waals surface area contributed by atoms with Crippen molar-refractivity contribution in [1.29, 1.82) is 0 Å². The van der Waals surface area contributed by atoms with E-state index >= 15 is 0 Å². The fraction of sp³-hybridized carbons (Fsp3) is 0.680. The molecule has 0 aliphatic carbocycles. The Hall–Kier alpha value is -6.32. The second kappa shape index (κ2) is 35.1. The summed E-state index contributed by atoms with van der Waals surface area (Å²) < 4.78 is 0. The highest BCUT2D eigenvalue weighted by Crippen LogP contribution is 2.11. The van der Waals surface area contributed by atoms with Crippen molar-refractivity contribution < 1.29 is 63.3 Å². The Morgan fingerprint density at radius 2 is 1.13 bits per heavy atom. The number of rotatable bonds is 24. The van der Waals surface area contributed by atoms with Gasteiger partial charge in [0.15, 0.2) is 0 Å². The molecule has 0 bridgehead atoms. The van der Waals surface area contributed by atoms with Crippen LogP contribution in [0.3, 0.4) is 0 Å². The lowest BCUT2D eigenvalue weighted by Crippen LogP contribution is -2.61. The highest BCUT2D eigenvalue weighted by Gasteiger charge is 2.37. The lowest BCUT2D eigenvalue weighted by atomic mass is 10.00. The van der Waals surface area contributed by atoms with Crippen molar-refractivity contribution in [3.8, 4) is 0 Å². The van der Waals surface area contributed by atoms with Crippen LogP contribution in [0.15, 0.2) is 30.3 Å². The van der Waals surface area contributed by atoms with Gasteiger partial charge in [0.1, 0.15) is 54.4 Å². The number of carbonyl (C=O) groups excluding carboxylic acids is 10. The topological polar surface area (TPSA) is 430 Å². The van der Waals surface area contributed by atoms with Crippen LogP contribution in [0, 0.1) is 5.92 Å². The minimum Gasteiger partial charge on any atom is -0.394 e. The van der Waals surface area contributed by atoms with Gasteiger partial charge in [-0.1, -0.05) is 76.8 Å². The van der Waals surface area contributed by atoms with Crippen LogP contribution in [0.4, 0.5) is 0 Å². The molecule has 1 aliphatic rings. The van der Waals surface area contributed by atoms with Crippen LogP contribution in [-0.4, -0.2) is 174 Å². The van der Waals surface area contributed by atoms with E-state index in [9.17, 15) is 63.3 Å². The Morgan fingerprint density at radius 3 is 1.64 bits per heavy atom. The number of unbranched alkanes of at least 4 members (excludes halogenated alkanes) is 4. The molecule has 1 saturated heterocycles. The van der Waals surface area contributed by atoms with Gasteiger partial charge in [-0.25, -0.2) is 0 Å². The summed E-state index contributed by atoms with van der Waals surface area (Å²) in [6.07, 6.45) is 0.217. The van der Waals surface area contributed by atoms with Crippen molar-refractivity contribution in [1.82, 2.24) is 53.2 Å². The van der Waals surface area contributed by atoms with Crippen LogP contribution in [0.25, 0.3) is 0 Å². The minimum absolute atomic E-state index is 0.0539. The number of aliphatic hydroxyl groups excluding tert-OH is 3. The zero-order valence-corrected chi connectivity index (χ0v) is 44.5. The van der Waals surface area contributed by atoms with Crippen molar-refractivity contribution in [3.05, 3.63) is 35.9 Å². The molecule has 11 atom stereocenters. The van der Waals surface area contributed by atoms with E-state index in [1.54, 1.807) is 44.2 Å². The number of aliphatic hydroxyl groups is 3. The monoisotopic (exact) mass is 1080 g/mol. The molecule has 1 fully saturated rings. The molecule has 10 amide bonds. The normalized spacial score (nSPS) is 23.4. The standard InChI is InChI=1S/C50H85N13O13/c1-6-7-8-9-13-16-39(67)62-41(30(5)66)50(76)61-38(27-64)48(74)58-35-20-24-54-49(75)40(29(4)65)63-45(71)34(19-23-53)56-42(68)32(17-21-51)57-46(72)36(25-28(2)3)59-47(73)37(26-31-14-11-10-12-15-31)60-43(69)33(18-22-52)55-44(35)70/h10-12,14-15,28-30,32-38,40-41,64-66H,6-9,13,16-27,51-53H2,1-5H3,(H,54,75)(H,55,70)(H,56,68)(H,57,72)(H,58,74)(H,59,73)(H,60,69)(H,61,76)(H,62,67)(H,63,71)/t29-,30-,32+,33+,34+,35+,36+,37+,38+,40+,41+/m1/s1. The van der Waals surface area contributed by atoms with E-state index in [1.807, 2.05) is 6.92 Å². The van der Waals surface area contributed by atoms with Gasteiger partial charge in [0.25, 0.3) is 0 Å². The molecule has 1 heterocycles. The summed E-state index contributed by atoms with van der Waals surface area (Å²) in [6, 6.07) is -5.06. The van der Waals surface area contributed by atoms with Gasteiger partial charge >= 0.3 is 0 Å². The summed E-state index contributed by atoms with van der Waals surface area (Å²) in [4.78, 5) is 138. The predicted octanol–water partition coefficient (Wildman–Crippen LogP) is -4.68. The van der Waals surface area contributed by atoms with Crippen LogP contribution in [0.1, 0.15) is 111 Å². The predicted molar refractivity (Wildman–Crippen MR) is 279 cm³/mol. The first-order chi connectivity index (χ1) is 36.1. The molecular weight excluding hydrogens is 991 g/mol. The van der Waals surface area contributed by atoms with Gasteiger partial charge in [0.05, 0.1) is 18.8 Å². The summed E-state index contributed by atoms with van der Waals surface area (Å²) in [5, 5.41) is 56.5. The third-order valence-corrected chi connectivity index (χ3v) is 12.4. The maximum atomic E-state index is 14.3. The van der Waals surface area contributed by atoms with Gasteiger partial charge in [-0.05, 0) is 83.5 Å². The first-order valence-electron chi connectivity index (χ1n) is 26.2. The number of carbonyl (C=O) groups is 10. The third kappa shape index (κ3) is 23.3. The SMILES string of the molecule is CCCCCCCC(=O)N[C@H](C(=O)N[C@@H](CO)C(=O)N[C@H]1CCNC(=O)[C@H]([C@@H](C)O)NC(=O)[C@H](CCN)NC(=O)[C@H](CCN)NC(=O)[C@H](CC(C)C)NC(=O)[C@H](Cc2ccccc2)NC(=O)[C@H](CCN)NC1=O)[C@@H](C)O. The van der Waals surface area contributed by atoms with Crippen molar-refractivity contribution in [2.24, 2.45) is 23.1 Å². The molecule has 0 radical (unpaired) electrons. The highest BCUT2D eigenvalue weighted by atomic mass is 16.3. The fourth-order valence-electron chi connectivity index (χ4n) is 8.08. The molecule has 2 rings (SSSR count). The van der Waals surface area contributed by atoms with Gasteiger partial charge in [-0.3, -0.25) is 47.9 Å². The number of benzene rings is 1. The zero-order valence-electron chi connectivity index (χ0n) is 44.5. The summed E-state index contributed by atoms with van der Waals surface area (Å²) in [5.41, 5.74) is 18.2. The molecule has 26 nitrogen and oxygen atoms in total. The molecule has 0 saturated carbocycles. The van der Waals surface area contributed by atoms with Crippen LogP contribution < -0.4 is 70.4 Å². The number of nitrogens with two attached hydrogens (primary N) is 3. The fourth-order valence-corrected chi connectivity index (χ4v) is 8.08. The van der Waals surface area contributed by atoms with E-state index in [0.717, 1.165) is 25.7 Å². The molecule has 76 heavy (non-hydrogen) atoms. The lowest BCUT2D eigenvalue weighted by molar-refractivity contribution is -0.137. The van der Waals surface area contributed by atoms with Gasteiger partial charge in [0.2, 0.25) is 59.1 Å². The molecule has 0 spiro atoms. The summed E-state index contributed by atoms with van der Waals surface area (Å²) in [5.74, 6) is -9.30. The zero-order chi connectivity index (χ0) is 56.9. The number of amides is 10. The largest absolute Gasteiger partial charge is 0.394 e. The van der Waals surface area contributed by atoms with Gasteiger partial charge < -0.3 is 85.7 Å². The van der Waals surface area contributed by atoms with E-state index in [1.165, 1.54) is 13.8 Å². The molecule has 1 aromatic rings. The number of hydrogen-bond donors (Lipinski definition) is 16. The Kier molecular flexibility index (Phi) is 30.4. The average molecular weight is 1080 g/mol. The summed E-state index contributed by atoms with van der Waals surface area (Å²) in [6.45, 7) is 6.12. The molecular formula is C50H85N13O13. The van der Waals surface area contributed by atoms with Gasteiger partial charge in [-0.15, -0.1) is 0 Å². The second-order valence-electron chi connectivity index (χ2n) is 19.4. The number of hydrogen-bond acceptors (Lipinski definition) is 16. The van der Waals surface area contributed by atoms with Gasteiger partial charge in [0, 0.05) is 19.4 Å². The van der Waals surface area contributed by atoms with Crippen LogP contribution >= 0.6 is 0 Å². The Balaban J connectivity index is 2.67. The smallest absolute Gasteiger partial charge is 0.245 e. The van der Waals surface area contributed by atoms with E-state index in [0.29, 0.717) is 12.0 Å². The molecule has 26 heteroatoms. The third-order valence-electron chi connectivity index (χ3n) is 12.4. The second-order valence-corrected chi connectivity index (χ2v) is 19.4. The Labute approximate surface area is 444 Å². The van der Waals surface area contributed by atoms with Gasteiger partial charge in [-0.2, -0.15) is 0 Å². The van der Waals surface area contributed by atoms with Crippen LogP contribution in [0.5, 0.6) is 0 Å². The van der Waals surface area contributed by atoms with Crippen LogP contribution in [0.2, 0.25) is 0 Å². The minimum atomic E-state index is -1.79. The molecule has 1 aromatic carbocycles. The average Bonchev–Trinajstić information content (AvgIpc) is 3.36. The maximum absolute atomic E-state index is 14.3. The van der Waals surface area contributed by atoms with E-state index in [2.05, 4.69) is 53.2 Å². The molecule has 1 aliphatic heterocycles. The van der Waals surface area contributed by atoms with Crippen molar-refractivity contribution in [2.75, 3.05) is 32.8 Å². The van der Waals surface area contributed by atoms with E-state index in [-0.39, 0.29) is 64.1 Å². The maximum Gasteiger partial charge on any atom is 0.245 e. The molecule has 19 N–H and O–H groups in total. The molecule has 428 valence electrons. The Morgan fingerprint density at radius 1 is 0.632 bits per heavy atom.